The fourth-order valence-corrected chi connectivity index (χ4v) is 2.35. The van der Waals surface area contributed by atoms with E-state index in [1.54, 1.807) is 0 Å². The van der Waals surface area contributed by atoms with Crippen LogP contribution in [0.2, 0.25) is 0 Å². The van der Waals surface area contributed by atoms with Crippen molar-refractivity contribution in [3.63, 3.8) is 0 Å². The van der Waals surface area contributed by atoms with Crippen LogP contribution in [-0.2, 0) is 22.4 Å². The number of hydrogen-bond donors (Lipinski definition) is 1. The van der Waals surface area contributed by atoms with Gasteiger partial charge in [0.1, 0.15) is 0 Å². The summed E-state index contributed by atoms with van der Waals surface area (Å²) < 4.78 is 5.49. The first-order valence-electron chi connectivity index (χ1n) is 5.62. The minimum Gasteiger partial charge on any atom is -0.479 e. The van der Waals surface area contributed by atoms with E-state index in [4.69, 9.17) is 4.74 Å². The van der Waals surface area contributed by atoms with E-state index in [1.165, 1.54) is 5.56 Å². The number of aryl methyl sites for hydroxylation is 1. The van der Waals surface area contributed by atoms with Crippen LogP contribution in [0.25, 0.3) is 0 Å². The summed E-state index contributed by atoms with van der Waals surface area (Å²) in [5, 5.41) is 9.32. The SMILES string of the molecule is CCOC1(C(=O)O)CCc2ccccc2C1. The second-order valence-electron chi connectivity index (χ2n) is 4.18. The monoisotopic (exact) mass is 220 g/mol. The topological polar surface area (TPSA) is 46.5 Å². The highest BCUT2D eigenvalue weighted by atomic mass is 16.5. The molecule has 16 heavy (non-hydrogen) atoms. The highest BCUT2D eigenvalue weighted by Crippen LogP contribution is 2.31. The summed E-state index contributed by atoms with van der Waals surface area (Å²) in [7, 11) is 0. The van der Waals surface area contributed by atoms with E-state index in [0.717, 1.165) is 12.0 Å². The molecule has 0 heterocycles. The third-order valence-electron chi connectivity index (χ3n) is 3.20. The molecule has 2 rings (SSSR count). The molecule has 1 aliphatic rings. The average molecular weight is 220 g/mol. The minimum atomic E-state index is -1.01. The molecule has 0 amide bonds. The van der Waals surface area contributed by atoms with Gasteiger partial charge in [0.15, 0.2) is 5.60 Å². The minimum absolute atomic E-state index is 0.439. The number of carbonyl (C=O) groups is 1. The Balaban J connectivity index is 2.31. The molecule has 1 atom stereocenters. The van der Waals surface area contributed by atoms with Crippen LogP contribution in [-0.4, -0.2) is 23.3 Å². The first-order chi connectivity index (χ1) is 7.68. The summed E-state index contributed by atoms with van der Waals surface area (Å²) in [4.78, 5) is 11.4. The number of fused-ring (bicyclic) bond motifs is 1. The van der Waals surface area contributed by atoms with E-state index in [2.05, 4.69) is 6.07 Å². The summed E-state index contributed by atoms with van der Waals surface area (Å²) in [5.74, 6) is -0.844. The van der Waals surface area contributed by atoms with Gasteiger partial charge in [0, 0.05) is 13.0 Å². The van der Waals surface area contributed by atoms with Crippen molar-refractivity contribution >= 4 is 5.97 Å². The molecule has 0 aromatic heterocycles. The van der Waals surface area contributed by atoms with E-state index in [-0.39, 0.29) is 0 Å². The molecular weight excluding hydrogens is 204 g/mol. The molecule has 0 saturated carbocycles. The number of aliphatic carboxylic acids is 1. The fourth-order valence-electron chi connectivity index (χ4n) is 2.35. The quantitative estimate of drug-likeness (QED) is 0.847. The smallest absolute Gasteiger partial charge is 0.336 e. The Kier molecular flexibility index (Phi) is 2.97. The van der Waals surface area contributed by atoms with Crippen molar-refractivity contribution in [2.45, 2.75) is 31.8 Å². The van der Waals surface area contributed by atoms with Gasteiger partial charge in [-0.25, -0.2) is 4.79 Å². The summed E-state index contributed by atoms with van der Waals surface area (Å²) in [6, 6.07) is 7.99. The maximum Gasteiger partial charge on any atom is 0.336 e. The van der Waals surface area contributed by atoms with Crippen molar-refractivity contribution in [3.05, 3.63) is 35.4 Å². The number of hydrogen-bond acceptors (Lipinski definition) is 2. The average Bonchev–Trinajstić information content (AvgIpc) is 2.29. The van der Waals surface area contributed by atoms with Crippen molar-refractivity contribution in [3.8, 4) is 0 Å². The molecule has 3 nitrogen and oxygen atoms in total. The van der Waals surface area contributed by atoms with Crippen LogP contribution in [0.1, 0.15) is 24.5 Å². The Morgan fingerprint density at radius 2 is 2.12 bits per heavy atom. The Morgan fingerprint density at radius 3 is 2.75 bits per heavy atom. The third-order valence-corrected chi connectivity index (χ3v) is 3.20. The molecule has 1 aliphatic carbocycles. The molecule has 0 spiro atoms. The third kappa shape index (κ3) is 1.83. The van der Waals surface area contributed by atoms with Gasteiger partial charge in [-0.2, -0.15) is 0 Å². The highest BCUT2D eigenvalue weighted by molar-refractivity contribution is 5.78. The molecule has 0 radical (unpaired) electrons. The number of rotatable bonds is 3. The molecule has 0 aliphatic heterocycles. The number of benzene rings is 1. The van der Waals surface area contributed by atoms with Gasteiger partial charge in [-0.05, 0) is 30.9 Å². The van der Waals surface area contributed by atoms with Gasteiger partial charge in [0.05, 0.1) is 0 Å². The Bertz CT molecular complexity index is 400. The first kappa shape index (κ1) is 11.1. The van der Waals surface area contributed by atoms with Gasteiger partial charge in [-0.3, -0.25) is 0 Å². The standard InChI is InChI=1S/C13H16O3/c1-2-16-13(12(14)15)8-7-10-5-3-4-6-11(10)9-13/h3-6H,2,7-9H2,1H3,(H,14,15). The molecule has 0 saturated heterocycles. The largest absolute Gasteiger partial charge is 0.479 e. The van der Waals surface area contributed by atoms with E-state index in [9.17, 15) is 9.90 Å². The zero-order valence-electron chi connectivity index (χ0n) is 9.40. The van der Waals surface area contributed by atoms with Crippen LogP contribution in [0.3, 0.4) is 0 Å². The number of ether oxygens (including phenoxy) is 1. The second kappa shape index (κ2) is 4.26. The van der Waals surface area contributed by atoms with Gasteiger partial charge in [-0.15, -0.1) is 0 Å². The summed E-state index contributed by atoms with van der Waals surface area (Å²) in [6.07, 6.45) is 1.82. The maximum absolute atomic E-state index is 11.4. The van der Waals surface area contributed by atoms with Crippen LogP contribution >= 0.6 is 0 Å². The molecule has 3 heteroatoms. The van der Waals surface area contributed by atoms with E-state index >= 15 is 0 Å². The first-order valence-corrected chi connectivity index (χ1v) is 5.62. The van der Waals surface area contributed by atoms with E-state index in [0.29, 0.717) is 19.4 Å². The molecule has 1 N–H and O–H groups in total. The lowest BCUT2D eigenvalue weighted by atomic mass is 9.80. The van der Waals surface area contributed by atoms with Crippen molar-refractivity contribution < 1.29 is 14.6 Å². The molecule has 86 valence electrons. The Labute approximate surface area is 95.0 Å². The fraction of sp³-hybridized carbons (Fsp3) is 0.462. The Hall–Kier alpha value is -1.35. The van der Waals surface area contributed by atoms with Crippen molar-refractivity contribution in [2.75, 3.05) is 6.61 Å². The molecule has 1 aromatic rings. The van der Waals surface area contributed by atoms with Gasteiger partial charge in [0.25, 0.3) is 0 Å². The predicted molar refractivity (Wildman–Crippen MR) is 60.5 cm³/mol. The molecule has 0 bridgehead atoms. The zero-order chi connectivity index (χ0) is 11.6. The maximum atomic E-state index is 11.4. The molecule has 1 aromatic carbocycles. The van der Waals surface area contributed by atoms with Crippen molar-refractivity contribution in [1.82, 2.24) is 0 Å². The normalized spacial score (nSPS) is 23.8. The summed E-state index contributed by atoms with van der Waals surface area (Å²) in [5.41, 5.74) is 1.34. The zero-order valence-corrected chi connectivity index (χ0v) is 9.40. The second-order valence-corrected chi connectivity index (χ2v) is 4.18. The highest BCUT2D eigenvalue weighted by Gasteiger charge is 2.42. The van der Waals surface area contributed by atoms with Gasteiger partial charge in [-0.1, -0.05) is 24.3 Å². The van der Waals surface area contributed by atoms with Crippen molar-refractivity contribution in [1.29, 1.82) is 0 Å². The molecule has 1 unspecified atom stereocenters. The summed E-state index contributed by atoms with van der Waals surface area (Å²) >= 11 is 0. The number of carboxylic acid groups (broad SMARTS) is 1. The van der Waals surface area contributed by atoms with Gasteiger partial charge in [0.2, 0.25) is 0 Å². The molecule has 0 fully saturated rings. The lowest BCUT2D eigenvalue weighted by Gasteiger charge is -2.34. The predicted octanol–water partition coefficient (Wildman–Crippen LogP) is 2.04. The van der Waals surface area contributed by atoms with Crippen LogP contribution in [0.15, 0.2) is 24.3 Å². The van der Waals surface area contributed by atoms with E-state index < -0.39 is 11.6 Å². The van der Waals surface area contributed by atoms with Crippen LogP contribution in [0, 0.1) is 0 Å². The van der Waals surface area contributed by atoms with Crippen LogP contribution in [0.4, 0.5) is 0 Å². The van der Waals surface area contributed by atoms with Crippen LogP contribution < -0.4 is 0 Å². The van der Waals surface area contributed by atoms with E-state index in [1.807, 2.05) is 25.1 Å². The van der Waals surface area contributed by atoms with Crippen molar-refractivity contribution in [2.24, 2.45) is 0 Å². The summed E-state index contributed by atoms with van der Waals surface area (Å²) in [6.45, 7) is 2.28. The lowest BCUT2D eigenvalue weighted by Crippen LogP contribution is -2.46. The molecular formula is C13H16O3. The Morgan fingerprint density at radius 1 is 1.44 bits per heavy atom. The van der Waals surface area contributed by atoms with Gasteiger partial charge >= 0.3 is 5.97 Å². The van der Waals surface area contributed by atoms with Gasteiger partial charge < -0.3 is 9.84 Å². The van der Waals surface area contributed by atoms with Crippen LogP contribution in [0.5, 0.6) is 0 Å². The lowest BCUT2D eigenvalue weighted by molar-refractivity contribution is -0.167. The number of carboxylic acids is 1.